The molecule has 0 aliphatic rings. The van der Waals surface area contributed by atoms with E-state index in [0.717, 1.165) is 22.4 Å². The Morgan fingerprint density at radius 2 is 1.65 bits per heavy atom. The lowest BCUT2D eigenvalue weighted by atomic mass is 10.1. The zero-order valence-corrected chi connectivity index (χ0v) is 14.7. The Bertz CT molecular complexity index is 831. The molecule has 5 heteroatoms. The van der Waals surface area contributed by atoms with Crippen molar-refractivity contribution < 1.29 is 9.53 Å². The third-order valence-electron chi connectivity index (χ3n) is 4.00. The summed E-state index contributed by atoms with van der Waals surface area (Å²) in [6.07, 6.45) is 4.67. The molecule has 0 atom stereocenters. The Balaban J connectivity index is 1.46. The van der Waals surface area contributed by atoms with Gasteiger partial charge in [0.1, 0.15) is 5.75 Å². The molecule has 5 nitrogen and oxygen atoms in total. The summed E-state index contributed by atoms with van der Waals surface area (Å²) in [5.41, 5.74) is 2.94. The maximum atomic E-state index is 12.0. The molecule has 1 aromatic heterocycles. The van der Waals surface area contributed by atoms with Crippen LogP contribution in [0.3, 0.4) is 0 Å². The number of carbonyl (C=O) groups is 1. The lowest BCUT2D eigenvalue weighted by molar-refractivity contribution is -0.120. The zero-order valence-electron chi connectivity index (χ0n) is 14.7. The first-order valence-electron chi connectivity index (χ1n) is 8.50. The van der Waals surface area contributed by atoms with Crippen LogP contribution in [0.4, 0.5) is 0 Å². The molecular formula is C21H21N3O2. The van der Waals surface area contributed by atoms with E-state index in [0.29, 0.717) is 25.2 Å². The van der Waals surface area contributed by atoms with Gasteiger partial charge >= 0.3 is 0 Å². The fourth-order valence-electron chi connectivity index (χ4n) is 2.56. The molecule has 0 bridgehead atoms. The van der Waals surface area contributed by atoms with Crippen molar-refractivity contribution in [1.29, 1.82) is 0 Å². The molecule has 0 unspecified atom stereocenters. The van der Waals surface area contributed by atoms with Gasteiger partial charge in [-0.25, -0.2) is 9.97 Å². The van der Waals surface area contributed by atoms with Crippen molar-refractivity contribution in [2.45, 2.75) is 12.8 Å². The molecule has 0 radical (unpaired) electrons. The molecular weight excluding hydrogens is 326 g/mol. The monoisotopic (exact) mass is 347 g/mol. The zero-order chi connectivity index (χ0) is 18.2. The summed E-state index contributed by atoms with van der Waals surface area (Å²) in [4.78, 5) is 20.8. The molecule has 1 amide bonds. The minimum absolute atomic E-state index is 0.00279. The lowest BCUT2D eigenvalue weighted by Gasteiger charge is -2.07. The third-order valence-corrected chi connectivity index (χ3v) is 4.00. The van der Waals surface area contributed by atoms with Crippen molar-refractivity contribution in [2.24, 2.45) is 0 Å². The Morgan fingerprint density at radius 1 is 0.962 bits per heavy atom. The number of aromatic nitrogens is 2. The number of amides is 1. The summed E-state index contributed by atoms with van der Waals surface area (Å²) in [5, 5.41) is 2.93. The molecule has 1 N–H and O–H groups in total. The van der Waals surface area contributed by atoms with E-state index in [1.165, 1.54) is 0 Å². The number of carbonyl (C=O) groups excluding carboxylic acids is 1. The predicted molar refractivity (Wildman–Crippen MR) is 101 cm³/mol. The van der Waals surface area contributed by atoms with E-state index in [1.54, 1.807) is 7.11 Å². The molecule has 3 rings (SSSR count). The van der Waals surface area contributed by atoms with Gasteiger partial charge in [-0.05, 0) is 29.7 Å². The van der Waals surface area contributed by atoms with E-state index in [-0.39, 0.29) is 5.91 Å². The summed E-state index contributed by atoms with van der Waals surface area (Å²) < 4.78 is 5.11. The topological polar surface area (TPSA) is 64.1 Å². The minimum atomic E-state index is -0.00279. The molecule has 3 aromatic rings. The van der Waals surface area contributed by atoms with Crippen LogP contribution in [0.15, 0.2) is 67.0 Å². The van der Waals surface area contributed by atoms with Gasteiger partial charge in [0.25, 0.3) is 0 Å². The van der Waals surface area contributed by atoms with Gasteiger partial charge in [-0.3, -0.25) is 4.79 Å². The van der Waals surface area contributed by atoms with Gasteiger partial charge in [-0.2, -0.15) is 0 Å². The summed E-state index contributed by atoms with van der Waals surface area (Å²) in [7, 11) is 1.62. The van der Waals surface area contributed by atoms with Gasteiger partial charge in [0.15, 0.2) is 5.82 Å². The van der Waals surface area contributed by atoms with Crippen LogP contribution in [0.2, 0.25) is 0 Å². The Labute approximate surface area is 153 Å². The number of hydrogen-bond donors (Lipinski definition) is 1. The second-order valence-corrected chi connectivity index (χ2v) is 5.91. The van der Waals surface area contributed by atoms with Gasteiger partial charge in [0.05, 0.1) is 13.5 Å². The summed E-state index contributed by atoms with van der Waals surface area (Å²) in [5.74, 6) is 1.49. The van der Waals surface area contributed by atoms with Gasteiger partial charge in [0, 0.05) is 24.5 Å². The summed E-state index contributed by atoms with van der Waals surface area (Å²) in [6.45, 7) is 0.559. The number of ether oxygens (including phenoxy) is 1. The van der Waals surface area contributed by atoms with Crippen LogP contribution in [0, 0.1) is 0 Å². The first-order valence-corrected chi connectivity index (χ1v) is 8.50. The van der Waals surface area contributed by atoms with Crippen LogP contribution in [-0.4, -0.2) is 29.5 Å². The first kappa shape index (κ1) is 17.6. The van der Waals surface area contributed by atoms with E-state index >= 15 is 0 Å². The van der Waals surface area contributed by atoms with Crippen molar-refractivity contribution in [1.82, 2.24) is 15.3 Å². The first-order chi connectivity index (χ1) is 12.7. The number of nitrogens with one attached hydrogen (secondary N) is 1. The Morgan fingerprint density at radius 3 is 2.31 bits per heavy atom. The van der Waals surface area contributed by atoms with E-state index in [4.69, 9.17) is 4.74 Å². The quantitative estimate of drug-likeness (QED) is 0.713. The van der Waals surface area contributed by atoms with Crippen molar-refractivity contribution in [3.05, 3.63) is 78.1 Å². The molecule has 0 spiro atoms. The van der Waals surface area contributed by atoms with Crippen LogP contribution in [0.1, 0.15) is 11.1 Å². The molecule has 1 heterocycles. The van der Waals surface area contributed by atoms with E-state index in [9.17, 15) is 4.79 Å². The largest absolute Gasteiger partial charge is 0.497 e. The normalized spacial score (nSPS) is 10.3. The van der Waals surface area contributed by atoms with Gasteiger partial charge < -0.3 is 10.1 Å². The highest BCUT2D eigenvalue weighted by atomic mass is 16.5. The van der Waals surface area contributed by atoms with Crippen LogP contribution in [0.25, 0.3) is 11.4 Å². The minimum Gasteiger partial charge on any atom is -0.497 e. The number of benzene rings is 2. The van der Waals surface area contributed by atoms with Crippen LogP contribution < -0.4 is 10.1 Å². The average molecular weight is 347 g/mol. The molecule has 0 saturated heterocycles. The highest BCUT2D eigenvalue weighted by Gasteiger charge is 2.05. The molecule has 26 heavy (non-hydrogen) atoms. The van der Waals surface area contributed by atoms with E-state index in [1.807, 2.05) is 67.0 Å². The number of methoxy groups -OCH3 is 1. The van der Waals surface area contributed by atoms with Crippen LogP contribution in [0.5, 0.6) is 5.75 Å². The molecule has 0 aliphatic carbocycles. The van der Waals surface area contributed by atoms with Crippen molar-refractivity contribution in [3.63, 3.8) is 0 Å². The third kappa shape index (κ3) is 4.89. The average Bonchev–Trinajstić information content (AvgIpc) is 2.70. The fraction of sp³-hybridized carbons (Fsp3) is 0.190. The Kier molecular flexibility index (Phi) is 5.93. The molecule has 132 valence electrons. The second-order valence-electron chi connectivity index (χ2n) is 5.91. The van der Waals surface area contributed by atoms with Gasteiger partial charge in [-0.1, -0.05) is 42.5 Å². The second kappa shape index (κ2) is 8.76. The highest BCUT2D eigenvalue weighted by molar-refractivity contribution is 5.78. The predicted octanol–water partition coefficient (Wildman–Crippen LogP) is 3.05. The number of hydrogen-bond acceptors (Lipinski definition) is 4. The molecule has 0 fully saturated rings. The van der Waals surface area contributed by atoms with Crippen molar-refractivity contribution in [2.75, 3.05) is 13.7 Å². The lowest BCUT2D eigenvalue weighted by Crippen LogP contribution is -2.27. The van der Waals surface area contributed by atoms with Crippen LogP contribution in [-0.2, 0) is 17.6 Å². The van der Waals surface area contributed by atoms with E-state index < -0.39 is 0 Å². The highest BCUT2D eigenvalue weighted by Crippen LogP contribution is 2.13. The molecule has 0 aliphatic heterocycles. The summed E-state index contributed by atoms with van der Waals surface area (Å²) >= 11 is 0. The standard InChI is InChI=1S/C21H21N3O2/c1-26-19-9-7-16(8-10-19)13-20(25)22-12-11-17-14-23-21(24-15-17)18-5-3-2-4-6-18/h2-10,14-15H,11-13H2,1H3,(H,22,25). The van der Waals surface area contributed by atoms with Crippen molar-refractivity contribution in [3.8, 4) is 17.1 Å². The van der Waals surface area contributed by atoms with E-state index in [2.05, 4.69) is 15.3 Å². The molecule has 0 saturated carbocycles. The fourth-order valence-corrected chi connectivity index (χ4v) is 2.56. The molecule has 2 aromatic carbocycles. The van der Waals surface area contributed by atoms with Crippen LogP contribution >= 0.6 is 0 Å². The van der Waals surface area contributed by atoms with Crippen molar-refractivity contribution >= 4 is 5.91 Å². The maximum Gasteiger partial charge on any atom is 0.224 e. The van der Waals surface area contributed by atoms with Gasteiger partial charge in [-0.15, -0.1) is 0 Å². The Hall–Kier alpha value is -3.21. The SMILES string of the molecule is COc1ccc(CC(=O)NCCc2cnc(-c3ccccc3)nc2)cc1. The number of rotatable bonds is 7. The van der Waals surface area contributed by atoms with Gasteiger partial charge in [0.2, 0.25) is 5.91 Å². The maximum absolute atomic E-state index is 12.0. The summed E-state index contributed by atoms with van der Waals surface area (Å²) in [6, 6.07) is 17.4. The number of nitrogens with zero attached hydrogens (tertiary/aromatic N) is 2. The smallest absolute Gasteiger partial charge is 0.224 e.